The zero-order valence-corrected chi connectivity index (χ0v) is 15.9. The van der Waals surface area contributed by atoms with Gasteiger partial charge in [0.05, 0.1) is 11.9 Å². The Labute approximate surface area is 161 Å². The van der Waals surface area contributed by atoms with Crippen LogP contribution in [0, 0.1) is 0 Å². The number of nitrogens with zero attached hydrogens (tertiary/aromatic N) is 3. The number of anilines is 2. The first-order chi connectivity index (χ1) is 13.2. The summed E-state index contributed by atoms with van der Waals surface area (Å²) in [6, 6.07) is 23.8. The highest BCUT2D eigenvalue weighted by Gasteiger charge is 2.17. The van der Waals surface area contributed by atoms with E-state index in [0.717, 1.165) is 24.5 Å². The van der Waals surface area contributed by atoms with Crippen LogP contribution in [0.5, 0.6) is 0 Å². The molecule has 0 saturated carbocycles. The van der Waals surface area contributed by atoms with Gasteiger partial charge in [-0.1, -0.05) is 48.5 Å². The van der Waals surface area contributed by atoms with Crippen LogP contribution in [0.4, 0.5) is 11.4 Å². The predicted molar refractivity (Wildman–Crippen MR) is 111 cm³/mol. The molecule has 0 fully saturated rings. The lowest BCUT2D eigenvalue weighted by Crippen LogP contribution is -2.31. The van der Waals surface area contributed by atoms with E-state index in [4.69, 9.17) is 0 Å². The van der Waals surface area contributed by atoms with Gasteiger partial charge in [-0.15, -0.1) is 0 Å². The molecule has 0 bridgehead atoms. The molecule has 0 radical (unpaired) electrons. The molecule has 1 heterocycles. The summed E-state index contributed by atoms with van der Waals surface area (Å²) in [5.74, 6) is -0.0821. The van der Waals surface area contributed by atoms with Crippen LogP contribution in [-0.4, -0.2) is 24.0 Å². The number of benzene rings is 2. The van der Waals surface area contributed by atoms with Crippen LogP contribution < -0.4 is 9.80 Å². The normalized spacial score (nSPS) is 10.4. The van der Waals surface area contributed by atoms with Gasteiger partial charge in [-0.3, -0.25) is 4.79 Å². The van der Waals surface area contributed by atoms with Crippen LogP contribution in [0.15, 0.2) is 79.0 Å². The maximum atomic E-state index is 12.9. The van der Waals surface area contributed by atoms with E-state index in [1.54, 1.807) is 11.1 Å². The lowest BCUT2D eigenvalue weighted by molar-refractivity contribution is 0.0983. The highest BCUT2D eigenvalue weighted by molar-refractivity contribution is 6.04. The lowest BCUT2D eigenvalue weighted by Gasteiger charge is -2.24. The number of hydrogen-bond donors (Lipinski definition) is 0. The number of amides is 1. The van der Waals surface area contributed by atoms with Gasteiger partial charge in [0.15, 0.2) is 0 Å². The third-order valence-corrected chi connectivity index (χ3v) is 4.56. The summed E-state index contributed by atoms with van der Waals surface area (Å²) in [6.07, 6.45) is 1.79. The number of carbonyl (C=O) groups is 1. The highest BCUT2D eigenvalue weighted by Crippen LogP contribution is 2.19. The highest BCUT2D eigenvalue weighted by atomic mass is 16.2. The van der Waals surface area contributed by atoms with Crippen LogP contribution in [-0.2, 0) is 6.54 Å². The van der Waals surface area contributed by atoms with Gasteiger partial charge in [0.25, 0.3) is 5.91 Å². The van der Waals surface area contributed by atoms with Crippen molar-refractivity contribution >= 4 is 17.3 Å². The summed E-state index contributed by atoms with van der Waals surface area (Å²) in [6.45, 7) is 6.38. The maximum Gasteiger partial charge on any atom is 0.276 e. The van der Waals surface area contributed by atoms with Gasteiger partial charge < -0.3 is 9.80 Å². The molecule has 1 amide bonds. The van der Waals surface area contributed by atoms with E-state index in [2.05, 4.69) is 28.9 Å². The van der Waals surface area contributed by atoms with Gasteiger partial charge in [-0.25, -0.2) is 4.98 Å². The topological polar surface area (TPSA) is 36.4 Å². The molecule has 2 aromatic carbocycles. The average Bonchev–Trinajstić information content (AvgIpc) is 2.74. The second-order valence-corrected chi connectivity index (χ2v) is 6.29. The average molecular weight is 359 g/mol. The van der Waals surface area contributed by atoms with E-state index in [0.29, 0.717) is 12.2 Å². The molecule has 0 aliphatic rings. The Bertz CT molecular complexity index is 848. The molecular weight excluding hydrogens is 334 g/mol. The van der Waals surface area contributed by atoms with Crippen molar-refractivity contribution in [2.24, 2.45) is 0 Å². The van der Waals surface area contributed by atoms with Gasteiger partial charge in [-0.2, -0.15) is 0 Å². The Hall–Kier alpha value is -3.14. The van der Waals surface area contributed by atoms with Crippen LogP contribution in [0.1, 0.15) is 29.9 Å². The van der Waals surface area contributed by atoms with Crippen LogP contribution in [0.3, 0.4) is 0 Å². The van der Waals surface area contributed by atoms with Crippen molar-refractivity contribution in [3.8, 4) is 0 Å². The zero-order chi connectivity index (χ0) is 19.1. The standard InChI is InChI=1S/C23H25N3O/c1-3-25(18-19-11-7-5-8-12-19)21-15-16-22(24-17-21)23(27)26(4-2)20-13-9-6-10-14-20/h5-17H,3-4,18H2,1-2H3. The molecule has 138 valence electrons. The first kappa shape index (κ1) is 18.6. The molecule has 3 aromatic rings. The van der Waals surface area contributed by atoms with Crippen molar-refractivity contribution in [3.05, 3.63) is 90.3 Å². The Morgan fingerprint density at radius 1 is 0.815 bits per heavy atom. The van der Waals surface area contributed by atoms with Crippen LogP contribution in [0.2, 0.25) is 0 Å². The minimum Gasteiger partial charge on any atom is -0.366 e. The van der Waals surface area contributed by atoms with Gasteiger partial charge in [0, 0.05) is 25.3 Å². The van der Waals surface area contributed by atoms with Gasteiger partial charge in [0.2, 0.25) is 0 Å². The minimum absolute atomic E-state index is 0.0821. The fraction of sp³-hybridized carbons (Fsp3) is 0.217. The number of rotatable bonds is 7. The van der Waals surface area contributed by atoms with E-state index < -0.39 is 0 Å². The third kappa shape index (κ3) is 4.53. The smallest absolute Gasteiger partial charge is 0.276 e. The molecule has 1 aromatic heterocycles. The van der Waals surface area contributed by atoms with Crippen molar-refractivity contribution in [2.75, 3.05) is 22.9 Å². The van der Waals surface area contributed by atoms with E-state index in [1.165, 1.54) is 5.56 Å². The number of pyridine rings is 1. The number of hydrogen-bond acceptors (Lipinski definition) is 3. The van der Waals surface area contributed by atoms with Crippen molar-refractivity contribution in [1.29, 1.82) is 0 Å². The molecule has 0 unspecified atom stereocenters. The Kier molecular flexibility index (Phi) is 6.21. The van der Waals surface area contributed by atoms with E-state index in [-0.39, 0.29) is 5.91 Å². The molecule has 4 heteroatoms. The summed E-state index contributed by atoms with van der Waals surface area (Å²) >= 11 is 0. The number of carbonyl (C=O) groups excluding carboxylic acids is 1. The van der Waals surface area contributed by atoms with Gasteiger partial charge >= 0.3 is 0 Å². The summed E-state index contributed by atoms with van der Waals surface area (Å²) < 4.78 is 0. The van der Waals surface area contributed by atoms with Crippen LogP contribution >= 0.6 is 0 Å². The predicted octanol–water partition coefficient (Wildman–Crippen LogP) is 4.77. The lowest BCUT2D eigenvalue weighted by atomic mass is 10.2. The Morgan fingerprint density at radius 3 is 2.04 bits per heavy atom. The fourth-order valence-electron chi connectivity index (χ4n) is 3.08. The molecule has 0 aliphatic carbocycles. The number of aromatic nitrogens is 1. The SMILES string of the molecule is CCN(Cc1ccccc1)c1ccc(C(=O)N(CC)c2ccccc2)nc1. The summed E-state index contributed by atoms with van der Waals surface area (Å²) in [7, 11) is 0. The maximum absolute atomic E-state index is 12.9. The molecule has 4 nitrogen and oxygen atoms in total. The monoisotopic (exact) mass is 359 g/mol. The fourth-order valence-corrected chi connectivity index (χ4v) is 3.08. The quantitative estimate of drug-likeness (QED) is 0.609. The first-order valence-electron chi connectivity index (χ1n) is 9.34. The van der Waals surface area contributed by atoms with E-state index in [1.807, 2.05) is 67.6 Å². The molecule has 27 heavy (non-hydrogen) atoms. The molecule has 3 rings (SSSR count). The zero-order valence-electron chi connectivity index (χ0n) is 15.9. The Balaban J connectivity index is 1.76. The summed E-state index contributed by atoms with van der Waals surface area (Å²) in [5, 5.41) is 0. The second kappa shape index (κ2) is 8.99. The van der Waals surface area contributed by atoms with Crippen LogP contribution in [0.25, 0.3) is 0 Å². The second-order valence-electron chi connectivity index (χ2n) is 6.29. The molecule has 0 spiro atoms. The van der Waals surface area contributed by atoms with Gasteiger partial charge in [-0.05, 0) is 43.7 Å². The van der Waals surface area contributed by atoms with Crippen molar-refractivity contribution in [3.63, 3.8) is 0 Å². The summed E-state index contributed by atoms with van der Waals surface area (Å²) in [4.78, 5) is 21.3. The van der Waals surface area contributed by atoms with E-state index in [9.17, 15) is 4.79 Å². The largest absolute Gasteiger partial charge is 0.366 e. The minimum atomic E-state index is -0.0821. The van der Waals surface area contributed by atoms with Crippen molar-refractivity contribution < 1.29 is 4.79 Å². The van der Waals surface area contributed by atoms with Crippen molar-refractivity contribution in [2.45, 2.75) is 20.4 Å². The molecule has 0 aliphatic heterocycles. The molecule has 0 N–H and O–H groups in total. The summed E-state index contributed by atoms with van der Waals surface area (Å²) in [5.41, 5.74) is 3.61. The molecule has 0 saturated heterocycles. The van der Waals surface area contributed by atoms with Gasteiger partial charge in [0.1, 0.15) is 5.69 Å². The van der Waals surface area contributed by atoms with E-state index >= 15 is 0 Å². The molecular formula is C23H25N3O. The van der Waals surface area contributed by atoms with Crippen molar-refractivity contribution in [1.82, 2.24) is 4.98 Å². The third-order valence-electron chi connectivity index (χ3n) is 4.56. The molecule has 0 atom stereocenters. The Morgan fingerprint density at radius 2 is 1.48 bits per heavy atom. The first-order valence-corrected chi connectivity index (χ1v) is 9.34. The number of para-hydroxylation sites is 1.